The molecule has 0 aliphatic carbocycles. The number of rotatable bonds is 4. The van der Waals surface area contributed by atoms with Crippen LogP contribution in [0.15, 0.2) is 171 Å². The minimum atomic E-state index is 0.573. The SMILES string of the molecule is c1ccc(N(c2ccc3c(c2)oc2cccc(-c4nc5ccc6ccccc6c5o4)c23)c2cccc3c2oc2cc4ccccc4cc23)cc1. The number of benzene rings is 8. The van der Waals surface area contributed by atoms with Crippen LogP contribution in [0.4, 0.5) is 17.1 Å². The average Bonchev–Trinajstić information content (AvgIpc) is 3.88. The molecule has 5 nitrogen and oxygen atoms in total. The maximum Gasteiger partial charge on any atom is 0.228 e. The van der Waals surface area contributed by atoms with Gasteiger partial charge in [0.15, 0.2) is 11.2 Å². The minimum Gasteiger partial charge on any atom is -0.456 e. The van der Waals surface area contributed by atoms with E-state index in [9.17, 15) is 0 Å². The normalized spacial score (nSPS) is 12.0. The molecule has 0 fully saturated rings. The average molecular weight is 643 g/mol. The van der Waals surface area contributed by atoms with Gasteiger partial charge in [-0.1, -0.05) is 91.0 Å². The molecular formula is C45H26N2O3. The van der Waals surface area contributed by atoms with E-state index in [1.54, 1.807) is 0 Å². The van der Waals surface area contributed by atoms with Gasteiger partial charge in [-0.05, 0) is 76.8 Å². The second-order valence-electron chi connectivity index (χ2n) is 12.7. The Morgan fingerprint density at radius 1 is 0.420 bits per heavy atom. The molecule has 11 rings (SSSR count). The summed E-state index contributed by atoms with van der Waals surface area (Å²) in [7, 11) is 0. The molecule has 3 heterocycles. The molecule has 0 N–H and O–H groups in total. The first-order valence-electron chi connectivity index (χ1n) is 16.7. The van der Waals surface area contributed by atoms with Crippen molar-refractivity contribution in [2.24, 2.45) is 0 Å². The predicted molar refractivity (Wildman–Crippen MR) is 204 cm³/mol. The van der Waals surface area contributed by atoms with E-state index in [1.165, 1.54) is 5.39 Å². The quantitative estimate of drug-likeness (QED) is 0.191. The molecule has 0 amide bonds. The Bertz CT molecular complexity index is 3110. The third-order valence-electron chi connectivity index (χ3n) is 9.85. The molecule has 0 bridgehead atoms. The molecule has 50 heavy (non-hydrogen) atoms. The zero-order valence-electron chi connectivity index (χ0n) is 26.6. The van der Waals surface area contributed by atoms with Crippen LogP contribution in [0.2, 0.25) is 0 Å². The largest absolute Gasteiger partial charge is 0.456 e. The van der Waals surface area contributed by atoms with E-state index < -0.39 is 0 Å². The molecule has 0 saturated heterocycles. The summed E-state index contributed by atoms with van der Waals surface area (Å²) in [6.45, 7) is 0. The maximum atomic E-state index is 6.69. The Balaban J connectivity index is 1.10. The van der Waals surface area contributed by atoms with Crippen molar-refractivity contribution in [3.63, 3.8) is 0 Å². The molecule has 0 atom stereocenters. The van der Waals surface area contributed by atoms with Crippen molar-refractivity contribution in [1.29, 1.82) is 0 Å². The molecule has 0 unspecified atom stereocenters. The van der Waals surface area contributed by atoms with E-state index in [-0.39, 0.29) is 0 Å². The fraction of sp³-hybridized carbons (Fsp3) is 0. The summed E-state index contributed by atoms with van der Waals surface area (Å²) in [6.07, 6.45) is 0. The fourth-order valence-electron chi connectivity index (χ4n) is 7.55. The van der Waals surface area contributed by atoms with Crippen molar-refractivity contribution in [2.45, 2.75) is 0 Å². The third-order valence-corrected chi connectivity index (χ3v) is 9.85. The highest BCUT2D eigenvalue weighted by Crippen LogP contribution is 2.45. The lowest BCUT2D eigenvalue weighted by molar-refractivity contribution is 0.623. The van der Waals surface area contributed by atoms with Crippen molar-refractivity contribution >= 4 is 93.6 Å². The molecule has 8 aromatic carbocycles. The van der Waals surface area contributed by atoms with Gasteiger partial charge in [0.05, 0.1) is 11.4 Å². The first-order valence-corrected chi connectivity index (χ1v) is 16.7. The van der Waals surface area contributed by atoms with Crippen molar-refractivity contribution in [2.75, 3.05) is 4.90 Å². The number of anilines is 3. The highest BCUT2D eigenvalue weighted by Gasteiger charge is 2.22. The second kappa shape index (κ2) is 10.3. The number of aromatic nitrogens is 1. The van der Waals surface area contributed by atoms with Gasteiger partial charge in [0.2, 0.25) is 5.89 Å². The Hall–Kier alpha value is -6.85. The summed E-state index contributed by atoms with van der Waals surface area (Å²) in [5, 5.41) is 8.65. The summed E-state index contributed by atoms with van der Waals surface area (Å²) in [6, 6.07) is 54.3. The monoisotopic (exact) mass is 642 g/mol. The molecule has 0 aliphatic heterocycles. The molecule has 3 aromatic heterocycles. The number of hydrogen-bond acceptors (Lipinski definition) is 5. The van der Waals surface area contributed by atoms with Crippen LogP contribution in [0.5, 0.6) is 0 Å². The van der Waals surface area contributed by atoms with Gasteiger partial charge in [-0.25, -0.2) is 4.98 Å². The Labute approximate surface area is 285 Å². The van der Waals surface area contributed by atoms with Gasteiger partial charge in [0.25, 0.3) is 0 Å². The molecule has 0 radical (unpaired) electrons. The smallest absolute Gasteiger partial charge is 0.228 e. The van der Waals surface area contributed by atoms with Crippen LogP contribution < -0.4 is 4.90 Å². The van der Waals surface area contributed by atoms with E-state index in [0.717, 1.165) is 93.8 Å². The van der Waals surface area contributed by atoms with Crippen LogP contribution in [-0.4, -0.2) is 4.98 Å². The van der Waals surface area contributed by atoms with Gasteiger partial charge in [0.1, 0.15) is 22.3 Å². The predicted octanol–water partition coefficient (Wildman–Crippen LogP) is 13.1. The summed E-state index contributed by atoms with van der Waals surface area (Å²) in [4.78, 5) is 7.17. The molecule has 0 saturated carbocycles. The molecule has 0 spiro atoms. The lowest BCUT2D eigenvalue weighted by atomic mass is 10.0. The van der Waals surface area contributed by atoms with Gasteiger partial charge in [-0.2, -0.15) is 0 Å². The van der Waals surface area contributed by atoms with Gasteiger partial charge in [-0.15, -0.1) is 0 Å². The summed E-state index contributed by atoms with van der Waals surface area (Å²) in [5.41, 5.74) is 8.68. The first-order chi connectivity index (χ1) is 24.8. The van der Waals surface area contributed by atoms with Crippen molar-refractivity contribution in [3.8, 4) is 11.5 Å². The van der Waals surface area contributed by atoms with Crippen LogP contribution in [0.25, 0.3) is 88.0 Å². The summed E-state index contributed by atoms with van der Waals surface area (Å²) in [5.74, 6) is 0.573. The van der Waals surface area contributed by atoms with Crippen molar-refractivity contribution in [3.05, 3.63) is 158 Å². The lowest BCUT2D eigenvalue weighted by Gasteiger charge is -2.25. The van der Waals surface area contributed by atoms with E-state index in [4.69, 9.17) is 18.2 Å². The van der Waals surface area contributed by atoms with Gasteiger partial charge in [-0.3, -0.25) is 0 Å². The van der Waals surface area contributed by atoms with Crippen LogP contribution in [0.3, 0.4) is 0 Å². The number of oxazole rings is 1. The highest BCUT2D eigenvalue weighted by molar-refractivity contribution is 6.15. The number of para-hydroxylation sites is 2. The molecule has 0 aliphatic rings. The van der Waals surface area contributed by atoms with E-state index in [2.05, 4.69) is 126 Å². The minimum absolute atomic E-state index is 0.573. The van der Waals surface area contributed by atoms with E-state index >= 15 is 0 Å². The number of fused-ring (bicyclic) bond motifs is 10. The summed E-state index contributed by atoms with van der Waals surface area (Å²) < 4.78 is 19.8. The van der Waals surface area contributed by atoms with Gasteiger partial charge < -0.3 is 18.2 Å². The zero-order valence-corrected chi connectivity index (χ0v) is 26.6. The van der Waals surface area contributed by atoms with Gasteiger partial charge in [0, 0.05) is 44.2 Å². The molecule has 234 valence electrons. The third kappa shape index (κ3) is 3.98. The standard InChI is InChI=1S/C45H26N2O3/c1-2-13-30(14-3-1)47(38-18-8-16-33-36-24-28-11-4-5-12-29(28)25-40(36)49-44(33)38)31-21-22-34-41(26-31)48-39-19-9-17-35(42(34)39)45-46-37-23-20-27-10-6-7-15-32(27)43(37)50-45/h1-26H. The molecular weight excluding hydrogens is 617 g/mol. The van der Waals surface area contributed by atoms with Crippen LogP contribution in [0.1, 0.15) is 0 Å². The van der Waals surface area contributed by atoms with Crippen molar-refractivity contribution < 1.29 is 13.3 Å². The van der Waals surface area contributed by atoms with E-state index in [1.807, 2.05) is 36.4 Å². The van der Waals surface area contributed by atoms with Crippen LogP contribution in [-0.2, 0) is 0 Å². The molecule has 5 heteroatoms. The lowest BCUT2D eigenvalue weighted by Crippen LogP contribution is -2.09. The Morgan fingerprint density at radius 2 is 1.18 bits per heavy atom. The summed E-state index contributed by atoms with van der Waals surface area (Å²) >= 11 is 0. The Morgan fingerprint density at radius 3 is 2.08 bits per heavy atom. The number of nitrogens with zero attached hydrogens (tertiary/aromatic N) is 2. The second-order valence-corrected chi connectivity index (χ2v) is 12.7. The number of furan rings is 2. The molecule has 11 aromatic rings. The number of hydrogen-bond donors (Lipinski definition) is 0. The first kappa shape index (κ1) is 27.1. The maximum absolute atomic E-state index is 6.69. The van der Waals surface area contributed by atoms with Crippen LogP contribution >= 0.6 is 0 Å². The van der Waals surface area contributed by atoms with E-state index in [0.29, 0.717) is 5.89 Å². The highest BCUT2D eigenvalue weighted by atomic mass is 16.4. The van der Waals surface area contributed by atoms with Gasteiger partial charge >= 0.3 is 0 Å². The zero-order chi connectivity index (χ0) is 32.8. The fourth-order valence-corrected chi connectivity index (χ4v) is 7.55. The Kier molecular flexibility index (Phi) is 5.60. The van der Waals surface area contributed by atoms with Crippen LogP contribution in [0, 0.1) is 0 Å². The topological polar surface area (TPSA) is 55.6 Å². The van der Waals surface area contributed by atoms with Crippen molar-refractivity contribution in [1.82, 2.24) is 4.98 Å².